The highest BCUT2D eigenvalue weighted by atomic mass is 35.5. The fourth-order valence-corrected chi connectivity index (χ4v) is 2.56. The molecule has 0 aliphatic rings. The predicted molar refractivity (Wildman–Crippen MR) is 91.9 cm³/mol. The lowest BCUT2D eigenvalue weighted by atomic mass is 10.1. The number of aromatic amines is 1. The maximum absolute atomic E-state index is 12.2. The topological polar surface area (TPSA) is 62.0 Å². The second kappa shape index (κ2) is 6.26. The SMILES string of the molecule is Cc1cccc2cc(CNC(=O)c3ccc(Cl)cc3)c(=O)[nH]c12. The smallest absolute Gasteiger partial charge is 0.253 e. The molecule has 2 N–H and O–H groups in total. The van der Waals surface area contributed by atoms with E-state index in [1.54, 1.807) is 24.3 Å². The number of halogens is 1. The molecule has 1 amide bonds. The second-order valence-electron chi connectivity index (χ2n) is 5.35. The lowest BCUT2D eigenvalue weighted by molar-refractivity contribution is 0.0951. The first-order valence-corrected chi connectivity index (χ1v) is 7.58. The van der Waals surface area contributed by atoms with Crippen LogP contribution in [0.4, 0.5) is 0 Å². The summed E-state index contributed by atoms with van der Waals surface area (Å²) >= 11 is 5.80. The highest BCUT2D eigenvalue weighted by Crippen LogP contribution is 2.15. The Labute approximate surface area is 138 Å². The Kier molecular flexibility index (Phi) is 4.17. The summed E-state index contributed by atoms with van der Waals surface area (Å²) in [6, 6.07) is 14.2. The van der Waals surface area contributed by atoms with Crippen molar-refractivity contribution in [2.45, 2.75) is 13.5 Å². The van der Waals surface area contributed by atoms with Crippen LogP contribution in [0.15, 0.2) is 53.3 Å². The van der Waals surface area contributed by atoms with Gasteiger partial charge in [0.25, 0.3) is 11.5 Å². The van der Waals surface area contributed by atoms with Crippen LogP contribution in [0.1, 0.15) is 21.5 Å². The second-order valence-corrected chi connectivity index (χ2v) is 5.79. The molecule has 0 aliphatic heterocycles. The van der Waals surface area contributed by atoms with Crippen LogP contribution < -0.4 is 10.9 Å². The summed E-state index contributed by atoms with van der Waals surface area (Å²) in [5.41, 5.74) is 2.66. The predicted octanol–water partition coefficient (Wildman–Crippen LogP) is 3.42. The Balaban J connectivity index is 1.82. The van der Waals surface area contributed by atoms with Crippen molar-refractivity contribution in [3.63, 3.8) is 0 Å². The summed E-state index contributed by atoms with van der Waals surface area (Å²) in [6.07, 6.45) is 0. The lowest BCUT2D eigenvalue weighted by Crippen LogP contribution is -2.26. The van der Waals surface area contributed by atoms with Crippen LogP contribution in [0, 0.1) is 6.92 Å². The lowest BCUT2D eigenvalue weighted by Gasteiger charge is -2.07. The summed E-state index contributed by atoms with van der Waals surface area (Å²) < 4.78 is 0. The number of rotatable bonds is 3. The largest absolute Gasteiger partial charge is 0.348 e. The molecule has 23 heavy (non-hydrogen) atoms. The molecule has 5 heteroatoms. The van der Waals surface area contributed by atoms with Crippen molar-refractivity contribution in [3.8, 4) is 0 Å². The van der Waals surface area contributed by atoms with Gasteiger partial charge in [-0.3, -0.25) is 9.59 Å². The van der Waals surface area contributed by atoms with E-state index in [2.05, 4.69) is 10.3 Å². The fraction of sp³-hybridized carbons (Fsp3) is 0.111. The number of H-pyrrole nitrogens is 1. The van der Waals surface area contributed by atoms with Gasteiger partial charge < -0.3 is 10.3 Å². The first-order valence-electron chi connectivity index (χ1n) is 7.20. The highest BCUT2D eigenvalue weighted by molar-refractivity contribution is 6.30. The molecule has 0 bridgehead atoms. The van der Waals surface area contributed by atoms with Crippen LogP contribution in [0.5, 0.6) is 0 Å². The van der Waals surface area contributed by atoms with Gasteiger partial charge in [0.05, 0.1) is 5.52 Å². The molecule has 0 unspecified atom stereocenters. The number of carbonyl (C=O) groups excluding carboxylic acids is 1. The quantitative estimate of drug-likeness (QED) is 0.774. The highest BCUT2D eigenvalue weighted by Gasteiger charge is 2.08. The van der Waals surface area contributed by atoms with Gasteiger partial charge in [-0.25, -0.2) is 0 Å². The van der Waals surface area contributed by atoms with Gasteiger partial charge in [-0.05, 0) is 48.2 Å². The van der Waals surface area contributed by atoms with E-state index in [9.17, 15) is 9.59 Å². The molecule has 116 valence electrons. The molecule has 4 nitrogen and oxygen atoms in total. The molecular weight excluding hydrogens is 312 g/mol. The molecule has 0 saturated heterocycles. The molecule has 1 heterocycles. The third-order valence-corrected chi connectivity index (χ3v) is 3.96. The molecule has 3 aromatic rings. The van der Waals surface area contributed by atoms with Crippen LogP contribution in [-0.4, -0.2) is 10.9 Å². The minimum absolute atomic E-state index is 0.167. The first kappa shape index (κ1) is 15.3. The Hall–Kier alpha value is -2.59. The molecule has 0 aliphatic carbocycles. The first-order chi connectivity index (χ1) is 11.0. The number of para-hydroxylation sites is 1. The number of pyridine rings is 1. The van der Waals surface area contributed by atoms with Gasteiger partial charge >= 0.3 is 0 Å². The van der Waals surface area contributed by atoms with E-state index >= 15 is 0 Å². The third-order valence-electron chi connectivity index (χ3n) is 3.71. The number of aryl methyl sites for hydroxylation is 1. The van der Waals surface area contributed by atoms with E-state index in [4.69, 9.17) is 11.6 Å². The number of amides is 1. The van der Waals surface area contributed by atoms with Gasteiger partial charge in [-0.2, -0.15) is 0 Å². The Morgan fingerprint density at radius 3 is 2.65 bits per heavy atom. The summed E-state index contributed by atoms with van der Waals surface area (Å²) in [6.45, 7) is 2.11. The molecular formula is C18H15ClN2O2. The minimum atomic E-state index is -0.245. The van der Waals surface area contributed by atoms with E-state index in [1.165, 1.54) is 0 Å². The average molecular weight is 327 g/mol. The molecule has 0 radical (unpaired) electrons. The van der Waals surface area contributed by atoms with Crippen molar-refractivity contribution < 1.29 is 4.79 Å². The summed E-state index contributed by atoms with van der Waals surface area (Å²) in [5, 5.41) is 4.27. The molecule has 0 saturated carbocycles. The summed E-state index contributed by atoms with van der Waals surface area (Å²) in [5.74, 6) is -0.245. The van der Waals surface area contributed by atoms with E-state index in [0.717, 1.165) is 16.5 Å². The van der Waals surface area contributed by atoms with Crippen LogP contribution in [-0.2, 0) is 6.54 Å². The van der Waals surface area contributed by atoms with Gasteiger partial charge in [-0.1, -0.05) is 29.8 Å². The van der Waals surface area contributed by atoms with Crippen molar-refractivity contribution in [2.24, 2.45) is 0 Å². The van der Waals surface area contributed by atoms with Crippen LogP contribution in [0.2, 0.25) is 5.02 Å². The Morgan fingerprint density at radius 2 is 1.91 bits per heavy atom. The van der Waals surface area contributed by atoms with Crippen molar-refractivity contribution in [1.82, 2.24) is 10.3 Å². The normalized spacial score (nSPS) is 10.7. The number of carbonyl (C=O) groups is 1. The van der Waals surface area contributed by atoms with Crippen molar-refractivity contribution in [3.05, 3.63) is 80.6 Å². The van der Waals surface area contributed by atoms with Crippen molar-refractivity contribution >= 4 is 28.4 Å². The van der Waals surface area contributed by atoms with E-state index in [1.807, 2.05) is 31.2 Å². The molecule has 0 fully saturated rings. The minimum Gasteiger partial charge on any atom is -0.348 e. The van der Waals surface area contributed by atoms with E-state index in [0.29, 0.717) is 16.1 Å². The molecule has 0 spiro atoms. The average Bonchev–Trinajstić information content (AvgIpc) is 2.54. The summed E-state index contributed by atoms with van der Waals surface area (Å²) in [7, 11) is 0. The van der Waals surface area contributed by atoms with Crippen molar-refractivity contribution in [2.75, 3.05) is 0 Å². The van der Waals surface area contributed by atoms with E-state index < -0.39 is 0 Å². The third kappa shape index (κ3) is 3.27. The molecule has 3 rings (SSSR count). The van der Waals surface area contributed by atoms with Gasteiger partial charge in [0.15, 0.2) is 0 Å². The van der Waals surface area contributed by atoms with Crippen molar-refractivity contribution in [1.29, 1.82) is 0 Å². The van der Waals surface area contributed by atoms with Gasteiger partial charge in [0.1, 0.15) is 0 Å². The monoisotopic (exact) mass is 326 g/mol. The van der Waals surface area contributed by atoms with Gasteiger partial charge in [0, 0.05) is 22.7 Å². The number of aromatic nitrogens is 1. The van der Waals surface area contributed by atoms with E-state index in [-0.39, 0.29) is 18.0 Å². The Bertz CT molecular complexity index is 930. The number of hydrogen-bond acceptors (Lipinski definition) is 2. The zero-order valence-corrected chi connectivity index (χ0v) is 13.3. The van der Waals surface area contributed by atoms with Gasteiger partial charge in [-0.15, -0.1) is 0 Å². The summed E-state index contributed by atoms with van der Waals surface area (Å²) in [4.78, 5) is 27.1. The molecule has 2 aromatic carbocycles. The zero-order valence-electron chi connectivity index (χ0n) is 12.5. The van der Waals surface area contributed by atoms with Crippen LogP contribution in [0.25, 0.3) is 10.9 Å². The Morgan fingerprint density at radius 1 is 1.17 bits per heavy atom. The number of fused-ring (bicyclic) bond motifs is 1. The maximum atomic E-state index is 12.2. The zero-order chi connectivity index (χ0) is 16.4. The van der Waals surface area contributed by atoms with Gasteiger partial charge in [0.2, 0.25) is 0 Å². The standard InChI is InChI=1S/C18H15ClN2O2/c1-11-3-2-4-13-9-14(18(23)21-16(11)13)10-20-17(22)12-5-7-15(19)8-6-12/h2-9H,10H2,1H3,(H,20,22)(H,21,23). The fourth-order valence-electron chi connectivity index (χ4n) is 2.44. The van der Waals surface area contributed by atoms with Crippen LogP contribution in [0.3, 0.4) is 0 Å². The number of benzene rings is 2. The molecule has 1 aromatic heterocycles. The van der Waals surface area contributed by atoms with Crippen LogP contribution >= 0.6 is 11.6 Å². The maximum Gasteiger partial charge on any atom is 0.253 e. The number of nitrogens with one attached hydrogen (secondary N) is 2. The molecule has 0 atom stereocenters. The number of hydrogen-bond donors (Lipinski definition) is 2.